The number of hydrogen-bond acceptors (Lipinski definition) is 0. The van der Waals surface area contributed by atoms with E-state index < -0.39 is 24.2 Å². The summed E-state index contributed by atoms with van der Waals surface area (Å²) < 4.78 is 0. The van der Waals surface area contributed by atoms with Crippen molar-refractivity contribution in [2.75, 3.05) is 0 Å². The van der Waals surface area contributed by atoms with Crippen LogP contribution in [0.4, 0.5) is 0 Å². The van der Waals surface area contributed by atoms with Crippen LogP contribution < -0.4 is 15.6 Å². The highest BCUT2D eigenvalue weighted by molar-refractivity contribution is 6.85. The largest absolute Gasteiger partial charge is 0.129 e. The molecule has 30 heavy (non-hydrogen) atoms. The van der Waals surface area contributed by atoms with Gasteiger partial charge in [0.2, 0.25) is 0 Å². The third-order valence-corrected chi connectivity index (χ3v) is 11.4. The molecule has 0 fully saturated rings. The Kier molecular flexibility index (Phi) is 9.70. The Morgan fingerprint density at radius 2 is 0.633 bits per heavy atom. The Morgan fingerprint density at radius 3 is 0.767 bits per heavy atom. The van der Waals surface area contributed by atoms with E-state index in [1.54, 1.807) is 15.6 Å². The Hall–Kier alpha value is -0.799. The van der Waals surface area contributed by atoms with Crippen LogP contribution in [0.3, 0.4) is 0 Å². The molecule has 0 atom stereocenters. The minimum atomic E-state index is -1.44. The molecule has 0 nitrogen and oxygen atoms in total. The van der Waals surface area contributed by atoms with Gasteiger partial charge < -0.3 is 0 Å². The van der Waals surface area contributed by atoms with E-state index in [0.29, 0.717) is 0 Å². The van der Waals surface area contributed by atoms with Crippen molar-refractivity contribution in [1.82, 2.24) is 0 Å². The third kappa shape index (κ3) is 8.38. The van der Waals surface area contributed by atoms with Gasteiger partial charge in [0.15, 0.2) is 0 Å². The van der Waals surface area contributed by atoms with Crippen LogP contribution in [0, 0.1) is 34.4 Å². The molecule has 1 rings (SSSR count). The first-order valence-electron chi connectivity index (χ1n) is 11.4. The molecule has 1 aromatic carbocycles. The number of benzene rings is 1. The predicted octanol–water partition coefficient (Wildman–Crippen LogP) is 1.90. The first kappa shape index (κ1) is 27.2. The van der Waals surface area contributed by atoms with E-state index in [2.05, 4.69) is 113 Å². The van der Waals surface area contributed by atoms with Gasteiger partial charge >= 0.3 is 0 Å². The average molecular weight is 499 g/mol. The van der Waals surface area contributed by atoms with Crippen LogP contribution >= 0.6 is 0 Å². The van der Waals surface area contributed by atoms with Crippen LogP contribution in [0.5, 0.6) is 0 Å². The lowest BCUT2D eigenvalue weighted by atomic mass is 10.1. The lowest BCUT2D eigenvalue weighted by molar-refractivity contribution is 1.69. The summed E-state index contributed by atoms with van der Waals surface area (Å²) in [6.45, 7) is 28.4. The van der Waals surface area contributed by atoms with E-state index in [-0.39, 0.29) is 28.6 Å². The fourth-order valence-electron chi connectivity index (χ4n) is 3.18. The molecule has 0 amide bonds. The van der Waals surface area contributed by atoms with Gasteiger partial charge in [-0.2, -0.15) is 0 Å². The van der Waals surface area contributed by atoms with E-state index in [0.717, 1.165) is 0 Å². The molecule has 1 aromatic rings. The summed E-state index contributed by atoms with van der Waals surface area (Å²) >= 11 is 0. The van der Waals surface area contributed by atoms with Crippen molar-refractivity contribution in [2.45, 2.75) is 78.6 Å². The summed E-state index contributed by atoms with van der Waals surface area (Å²) in [4.78, 5) is 0. The second-order valence-corrected chi connectivity index (χ2v) is 29.6. The van der Waals surface area contributed by atoms with Crippen LogP contribution in [0.2, 0.25) is 78.6 Å². The first-order chi connectivity index (χ1) is 13.6. The Morgan fingerprint density at radius 1 is 0.433 bits per heavy atom. The van der Waals surface area contributed by atoms with Crippen LogP contribution in [-0.4, -0.2) is 52.8 Å². The zero-order valence-corrected chi connectivity index (χ0v) is 28.9. The zero-order chi connectivity index (χ0) is 23.3. The molecule has 0 aliphatic heterocycles. The standard InChI is InChI=1S/C24H42Si6/c1-25-22-19(13-16-28(4,5)6)23(26-2)21(15-18-30(10,11)12)24(27-3)20(22)14-17-29(7,8)9/h25-27H2,1-12H3. The molecule has 0 spiro atoms. The Labute approximate surface area is 197 Å². The fraction of sp³-hybridized carbons (Fsp3) is 0.500. The molecule has 0 aliphatic rings. The van der Waals surface area contributed by atoms with Gasteiger partial charge in [0.25, 0.3) is 0 Å². The van der Waals surface area contributed by atoms with Crippen molar-refractivity contribution in [2.24, 2.45) is 0 Å². The molecule has 0 saturated heterocycles. The van der Waals surface area contributed by atoms with Crippen molar-refractivity contribution >= 4 is 68.3 Å². The summed E-state index contributed by atoms with van der Waals surface area (Å²) in [6, 6.07) is 0. The van der Waals surface area contributed by atoms with Crippen LogP contribution in [0.25, 0.3) is 0 Å². The molecule has 0 aliphatic carbocycles. The molecular weight excluding hydrogens is 457 g/mol. The third-order valence-electron chi connectivity index (χ3n) is 4.56. The van der Waals surface area contributed by atoms with Crippen molar-refractivity contribution in [3.05, 3.63) is 16.7 Å². The van der Waals surface area contributed by atoms with Gasteiger partial charge in [0.05, 0.1) is 28.6 Å². The fourth-order valence-corrected chi connectivity index (χ4v) is 9.37. The van der Waals surface area contributed by atoms with Gasteiger partial charge in [-0.3, -0.25) is 0 Å². The van der Waals surface area contributed by atoms with E-state index in [9.17, 15) is 0 Å². The number of hydrogen-bond donors (Lipinski definition) is 0. The second kappa shape index (κ2) is 10.7. The van der Waals surface area contributed by atoms with E-state index in [1.165, 1.54) is 16.7 Å². The molecule has 0 aromatic heterocycles. The molecule has 162 valence electrons. The maximum absolute atomic E-state index is 3.73. The van der Waals surface area contributed by atoms with Gasteiger partial charge in [0.1, 0.15) is 24.2 Å². The SMILES string of the molecule is C[SiH2]c1c(C#C[Si](C)(C)C)c([SiH2]C)c(C#C[Si](C)(C)C)c([SiH2]C)c1C#C[Si](C)(C)C. The van der Waals surface area contributed by atoms with Crippen molar-refractivity contribution in [3.63, 3.8) is 0 Å². The summed E-state index contributed by atoms with van der Waals surface area (Å²) in [7, 11) is -5.48. The first-order valence-corrected chi connectivity index (χ1v) is 28.3. The Balaban J connectivity index is 4.19. The summed E-state index contributed by atoms with van der Waals surface area (Å²) in [6.07, 6.45) is 0. The monoisotopic (exact) mass is 498 g/mol. The second-order valence-electron chi connectivity index (χ2n) is 11.1. The molecule has 0 heterocycles. The summed E-state index contributed by atoms with van der Waals surface area (Å²) in [5.74, 6) is 11.2. The highest BCUT2D eigenvalue weighted by atomic mass is 28.3. The van der Waals surface area contributed by atoms with Crippen molar-refractivity contribution < 1.29 is 0 Å². The molecule has 0 N–H and O–H groups in total. The van der Waals surface area contributed by atoms with Gasteiger partial charge in [-0.15, -0.1) is 16.6 Å². The lowest BCUT2D eigenvalue weighted by Crippen LogP contribution is -2.42. The molecule has 0 bridgehead atoms. The summed E-state index contributed by atoms with van der Waals surface area (Å²) in [5, 5.41) is 4.66. The highest BCUT2D eigenvalue weighted by Gasteiger charge is 2.20. The van der Waals surface area contributed by atoms with Crippen molar-refractivity contribution in [3.8, 4) is 34.4 Å². The summed E-state index contributed by atoms with van der Waals surface area (Å²) in [5.41, 5.74) is 15.2. The topological polar surface area (TPSA) is 0 Å². The minimum Gasteiger partial charge on any atom is -0.127 e. The molecular formula is C24H42Si6. The van der Waals surface area contributed by atoms with Crippen LogP contribution in [0.1, 0.15) is 16.7 Å². The van der Waals surface area contributed by atoms with Crippen LogP contribution in [-0.2, 0) is 0 Å². The van der Waals surface area contributed by atoms with E-state index in [1.807, 2.05) is 0 Å². The highest BCUT2D eigenvalue weighted by Crippen LogP contribution is 2.07. The molecule has 6 heteroatoms. The van der Waals surface area contributed by atoms with Gasteiger partial charge in [-0.25, -0.2) is 0 Å². The van der Waals surface area contributed by atoms with Gasteiger partial charge in [-0.05, 0) is 15.6 Å². The maximum atomic E-state index is 3.73. The molecule has 0 unspecified atom stereocenters. The quantitative estimate of drug-likeness (QED) is 0.441. The van der Waals surface area contributed by atoms with E-state index >= 15 is 0 Å². The van der Waals surface area contributed by atoms with Crippen molar-refractivity contribution in [1.29, 1.82) is 0 Å². The minimum absolute atomic E-state index is 0.383. The molecule has 0 saturated carbocycles. The maximum Gasteiger partial charge on any atom is 0.129 e. The van der Waals surface area contributed by atoms with Gasteiger partial charge in [-0.1, -0.05) is 96.3 Å². The number of rotatable bonds is 3. The Bertz CT molecular complexity index is 816. The smallest absolute Gasteiger partial charge is 0.127 e. The predicted molar refractivity (Wildman–Crippen MR) is 159 cm³/mol. The van der Waals surface area contributed by atoms with E-state index in [4.69, 9.17) is 0 Å². The zero-order valence-electron chi connectivity index (χ0n) is 21.6. The normalized spacial score (nSPS) is 12.8. The van der Waals surface area contributed by atoms with Gasteiger partial charge in [0, 0.05) is 16.7 Å². The average Bonchev–Trinajstić information content (AvgIpc) is 2.59. The lowest BCUT2D eigenvalue weighted by Gasteiger charge is -2.20. The van der Waals surface area contributed by atoms with Crippen LogP contribution in [0.15, 0.2) is 0 Å². The molecule has 0 radical (unpaired) electrons.